The molecule has 0 spiro atoms. The van der Waals surface area contributed by atoms with Gasteiger partial charge in [-0.15, -0.1) is 11.3 Å². The number of aromatic nitrogens is 3. The summed E-state index contributed by atoms with van der Waals surface area (Å²) < 4.78 is 1.70. The predicted octanol–water partition coefficient (Wildman–Crippen LogP) is 1.85. The van der Waals surface area contributed by atoms with E-state index in [4.69, 9.17) is 5.73 Å². The maximum absolute atomic E-state index is 12.3. The van der Waals surface area contributed by atoms with Gasteiger partial charge in [0.05, 0.1) is 11.9 Å². The van der Waals surface area contributed by atoms with Gasteiger partial charge in [0.15, 0.2) is 0 Å². The van der Waals surface area contributed by atoms with Crippen molar-refractivity contribution in [3.63, 3.8) is 0 Å². The summed E-state index contributed by atoms with van der Waals surface area (Å²) in [5.74, 6) is -0.183. The molecule has 0 radical (unpaired) electrons. The summed E-state index contributed by atoms with van der Waals surface area (Å²) in [6.07, 6.45) is 3.58. The van der Waals surface area contributed by atoms with E-state index < -0.39 is 0 Å². The van der Waals surface area contributed by atoms with Gasteiger partial charge >= 0.3 is 0 Å². The molecule has 0 saturated carbocycles. The minimum absolute atomic E-state index is 0.183. The summed E-state index contributed by atoms with van der Waals surface area (Å²) in [6.45, 7) is 2.34. The van der Waals surface area contributed by atoms with E-state index in [0.717, 1.165) is 21.5 Å². The molecule has 3 aromatic rings. The van der Waals surface area contributed by atoms with E-state index in [0.29, 0.717) is 17.1 Å². The molecule has 0 aliphatic rings. The van der Waals surface area contributed by atoms with Crippen LogP contribution in [0.3, 0.4) is 0 Å². The zero-order valence-electron chi connectivity index (χ0n) is 11.8. The molecular weight excluding hydrogens is 286 g/mol. The molecule has 0 aliphatic heterocycles. The van der Waals surface area contributed by atoms with Crippen LogP contribution in [0.2, 0.25) is 0 Å². The summed E-state index contributed by atoms with van der Waals surface area (Å²) >= 11 is 1.32. The van der Waals surface area contributed by atoms with Crippen molar-refractivity contribution in [3.05, 3.63) is 40.7 Å². The smallest absolute Gasteiger partial charge is 0.263 e. The zero-order chi connectivity index (χ0) is 15.0. The van der Waals surface area contributed by atoms with Gasteiger partial charge in [0.1, 0.15) is 9.71 Å². The number of hydrogen-bond acceptors (Lipinski definition) is 5. The number of anilines is 1. The van der Waals surface area contributed by atoms with Gasteiger partial charge in [0.2, 0.25) is 0 Å². The van der Waals surface area contributed by atoms with Crippen LogP contribution in [-0.2, 0) is 13.6 Å². The normalized spacial score (nSPS) is 11.0. The summed E-state index contributed by atoms with van der Waals surface area (Å²) in [5, 5.41) is 7.75. The number of pyridine rings is 1. The Labute approximate surface area is 125 Å². The van der Waals surface area contributed by atoms with Gasteiger partial charge in [-0.1, -0.05) is 0 Å². The van der Waals surface area contributed by atoms with Crippen LogP contribution in [0.5, 0.6) is 0 Å². The lowest BCUT2D eigenvalue weighted by Crippen LogP contribution is -2.22. The molecule has 21 heavy (non-hydrogen) atoms. The van der Waals surface area contributed by atoms with Crippen molar-refractivity contribution in [1.29, 1.82) is 0 Å². The zero-order valence-corrected chi connectivity index (χ0v) is 12.6. The highest BCUT2D eigenvalue weighted by Gasteiger charge is 2.17. The Balaban J connectivity index is 1.82. The average molecular weight is 301 g/mol. The molecule has 7 heteroatoms. The van der Waals surface area contributed by atoms with E-state index in [-0.39, 0.29) is 5.91 Å². The van der Waals surface area contributed by atoms with Gasteiger partial charge in [0.25, 0.3) is 5.91 Å². The van der Waals surface area contributed by atoms with Gasteiger partial charge in [-0.2, -0.15) is 5.10 Å². The van der Waals surface area contributed by atoms with Crippen molar-refractivity contribution in [1.82, 2.24) is 20.1 Å². The Morgan fingerprint density at radius 1 is 1.48 bits per heavy atom. The molecule has 0 saturated heterocycles. The van der Waals surface area contributed by atoms with Crippen LogP contribution in [-0.4, -0.2) is 20.7 Å². The Morgan fingerprint density at radius 2 is 2.29 bits per heavy atom. The van der Waals surface area contributed by atoms with Crippen LogP contribution in [0.15, 0.2) is 24.5 Å². The van der Waals surface area contributed by atoms with Crippen molar-refractivity contribution in [3.8, 4) is 0 Å². The Bertz CT molecular complexity index is 820. The molecule has 108 valence electrons. The van der Waals surface area contributed by atoms with Crippen LogP contribution in [0, 0.1) is 6.92 Å². The lowest BCUT2D eigenvalue weighted by molar-refractivity contribution is 0.0956. The first-order valence-electron chi connectivity index (χ1n) is 6.46. The summed E-state index contributed by atoms with van der Waals surface area (Å²) in [7, 11) is 1.84. The van der Waals surface area contributed by atoms with E-state index in [9.17, 15) is 4.79 Å². The first kappa shape index (κ1) is 13.6. The Hall–Kier alpha value is -2.41. The molecule has 0 unspecified atom stereocenters. The third-order valence-corrected chi connectivity index (χ3v) is 4.26. The number of amides is 1. The first-order valence-corrected chi connectivity index (χ1v) is 7.27. The van der Waals surface area contributed by atoms with Crippen LogP contribution in [0.1, 0.15) is 20.9 Å². The van der Waals surface area contributed by atoms with E-state index >= 15 is 0 Å². The van der Waals surface area contributed by atoms with E-state index in [1.54, 1.807) is 10.9 Å². The Kier molecular flexibility index (Phi) is 3.34. The molecule has 0 aliphatic carbocycles. The molecule has 1 amide bonds. The maximum atomic E-state index is 12.3. The minimum Gasteiger partial charge on any atom is -0.397 e. The number of thiophene rings is 1. The highest BCUT2D eigenvalue weighted by Crippen LogP contribution is 2.32. The topological polar surface area (TPSA) is 85.8 Å². The highest BCUT2D eigenvalue weighted by molar-refractivity contribution is 7.21. The summed E-state index contributed by atoms with van der Waals surface area (Å²) in [6, 6.07) is 3.80. The standard InChI is InChI=1S/C14H15N5OS/c1-8-3-4-10-11(15)12(21-14(10)18-8)13(20)16-5-9-6-17-19(2)7-9/h3-4,6-7H,5,15H2,1-2H3,(H,16,20). The lowest BCUT2D eigenvalue weighted by Gasteiger charge is -2.02. The highest BCUT2D eigenvalue weighted by atomic mass is 32.1. The second-order valence-corrected chi connectivity index (χ2v) is 5.85. The number of nitrogens with two attached hydrogens (primary N) is 1. The molecule has 3 rings (SSSR count). The van der Waals surface area contributed by atoms with Gasteiger partial charge in [-0.05, 0) is 19.1 Å². The lowest BCUT2D eigenvalue weighted by atomic mass is 10.2. The molecule has 3 N–H and O–H groups in total. The number of hydrogen-bond donors (Lipinski definition) is 2. The SMILES string of the molecule is Cc1ccc2c(N)c(C(=O)NCc3cnn(C)c3)sc2n1. The first-order chi connectivity index (χ1) is 10.0. The fourth-order valence-corrected chi connectivity index (χ4v) is 3.14. The van der Waals surface area contributed by atoms with E-state index in [1.807, 2.05) is 32.3 Å². The van der Waals surface area contributed by atoms with Crippen molar-refractivity contribution in [2.24, 2.45) is 7.05 Å². The Morgan fingerprint density at radius 3 is 3.00 bits per heavy atom. The predicted molar refractivity (Wildman–Crippen MR) is 83.1 cm³/mol. The number of nitrogens with zero attached hydrogens (tertiary/aromatic N) is 3. The average Bonchev–Trinajstić information content (AvgIpc) is 3.00. The molecular formula is C14H15N5OS. The number of nitrogens with one attached hydrogen (secondary N) is 1. The molecule has 0 bridgehead atoms. The van der Waals surface area contributed by atoms with Crippen molar-refractivity contribution in [2.75, 3.05) is 5.73 Å². The number of nitrogen functional groups attached to an aromatic ring is 1. The second kappa shape index (κ2) is 5.17. The van der Waals surface area contributed by atoms with Crippen molar-refractivity contribution < 1.29 is 4.79 Å². The molecule has 3 heterocycles. The van der Waals surface area contributed by atoms with Crippen molar-refractivity contribution in [2.45, 2.75) is 13.5 Å². The van der Waals surface area contributed by atoms with E-state index in [1.165, 1.54) is 11.3 Å². The van der Waals surface area contributed by atoms with Gasteiger partial charge < -0.3 is 11.1 Å². The fraction of sp³-hybridized carbons (Fsp3) is 0.214. The third kappa shape index (κ3) is 2.59. The van der Waals surface area contributed by atoms with Gasteiger partial charge in [-0.25, -0.2) is 4.98 Å². The molecule has 3 aromatic heterocycles. The number of rotatable bonds is 3. The van der Waals surface area contributed by atoms with Crippen LogP contribution >= 0.6 is 11.3 Å². The summed E-state index contributed by atoms with van der Waals surface area (Å²) in [5.41, 5.74) is 8.40. The van der Waals surface area contributed by atoms with Gasteiger partial charge in [-0.3, -0.25) is 9.48 Å². The number of aryl methyl sites for hydroxylation is 2. The fourth-order valence-electron chi connectivity index (χ4n) is 2.08. The van der Waals surface area contributed by atoms with Crippen LogP contribution in [0.25, 0.3) is 10.2 Å². The van der Waals surface area contributed by atoms with E-state index in [2.05, 4.69) is 15.4 Å². The maximum Gasteiger partial charge on any atom is 0.263 e. The molecule has 0 aromatic carbocycles. The van der Waals surface area contributed by atoms with Gasteiger partial charge in [0, 0.05) is 36.4 Å². The second-order valence-electron chi connectivity index (χ2n) is 4.86. The number of carbonyl (C=O) groups excluding carboxylic acids is 1. The quantitative estimate of drug-likeness (QED) is 0.773. The van der Waals surface area contributed by atoms with Crippen LogP contribution < -0.4 is 11.1 Å². The van der Waals surface area contributed by atoms with Crippen molar-refractivity contribution >= 4 is 33.1 Å². The third-order valence-electron chi connectivity index (χ3n) is 3.15. The molecule has 0 fully saturated rings. The monoisotopic (exact) mass is 301 g/mol. The molecule has 6 nitrogen and oxygen atoms in total. The number of carbonyl (C=O) groups is 1. The van der Waals surface area contributed by atoms with Crippen LogP contribution in [0.4, 0.5) is 5.69 Å². The summed E-state index contributed by atoms with van der Waals surface area (Å²) in [4.78, 5) is 18.0. The largest absolute Gasteiger partial charge is 0.397 e. The molecule has 0 atom stereocenters. The number of fused-ring (bicyclic) bond motifs is 1. The minimum atomic E-state index is -0.183.